The van der Waals surface area contributed by atoms with Gasteiger partial charge in [-0.3, -0.25) is 0 Å². The van der Waals surface area contributed by atoms with E-state index in [1.807, 2.05) is 27.9 Å². The molecule has 1 spiro atoms. The molecule has 8 nitrogen and oxygen atoms in total. The number of rotatable bonds is 20. The van der Waals surface area contributed by atoms with Gasteiger partial charge in [-0.1, -0.05) is 0 Å². The standard InChI is InChI=1S/C32H59O8Si.3C4H9.Sn/c1-14-24(34-11)38-25-21(3)27(40-41(12,13)31(8,9)10)28-26(20(2)22(4)32(39-28)17-15-18-36-32)37-23(25)16-19-35-29(33)30(5,6)7;3*1-3-4-2;/h20-28H,1,14-19H2,2-13H3;3*1,3-4H2,2H3;/t20-,21+,22-,23-,24?,25+,26+,27-,28+,32+;;;;/m0..../s1. The molecule has 10 heteroatoms. The molecular weight excluding hydrogens is 803 g/mol. The molecule has 3 aliphatic rings. The van der Waals surface area contributed by atoms with Gasteiger partial charge in [-0.05, 0) is 0 Å². The summed E-state index contributed by atoms with van der Waals surface area (Å²) in [4.78, 5) is 13.0. The summed E-state index contributed by atoms with van der Waals surface area (Å²) in [5.41, 5.74) is -0.579. The fourth-order valence-electron chi connectivity index (χ4n) is 8.90. The first kappa shape index (κ1) is 48.6. The van der Waals surface area contributed by atoms with Crippen LogP contribution in [0.2, 0.25) is 35.9 Å². The minimum atomic E-state index is -2.46. The third kappa shape index (κ3) is 12.4. The van der Waals surface area contributed by atoms with Crippen molar-refractivity contribution in [2.45, 2.75) is 226 Å². The number of carbonyl (C=O) groups excluding carboxylic acids is 1. The first-order chi connectivity index (χ1) is 25.2. The summed E-state index contributed by atoms with van der Waals surface area (Å²) in [6, 6.07) is 0. The first-order valence-electron chi connectivity index (χ1n) is 22.2. The quantitative estimate of drug-likeness (QED) is 0.0679. The van der Waals surface area contributed by atoms with E-state index in [0.29, 0.717) is 13.0 Å². The third-order valence-corrected chi connectivity index (χ3v) is 34.3. The number of fused-ring (bicyclic) bond motifs is 1. The Bertz CT molecular complexity index is 1090. The second-order valence-electron chi connectivity index (χ2n) is 20.1. The molecule has 3 saturated heterocycles. The monoisotopic (exact) mass is 891 g/mol. The molecule has 0 radical (unpaired) electrons. The maximum atomic E-state index is 13.0. The van der Waals surface area contributed by atoms with Gasteiger partial charge < -0.3 is 0 Å². The molecule has 3 aliphatic heterocycles. The van der Waals surface area contributed by atoms with Gasteiger partial charge in [-0.15, -0.1) is 0 Å². The van der Waals surface area contributed by atoms with Crippen LogP contribution in [0, 0.1) is 23.2 Å². The molecule has 0 amide bonds. The van der Waals surface area contributed by atoms with Gasteiger partial charge in [0.1, 0.15) is 0 Å². The van der Waals surface area contributed by atoms with Crippen LogP contribution < -0.4 is 0 Å². The van der Waals surface area contributed by atoms with Gasteiger partial charge in [-0.25, -0.2) is 0 Å². The minimum absolute atomic E-state index is 0.00225. The van der Waals surface area contributed by atoms with Gasteiger partial charge in [0.15, 0.2) is 0 Å². The molecule has 318 valence electrons. The van der Waals surface area contributed by atoms with Crippen molar-refractivity contribution in [2.24, 2.45) is 23.2 Å². The van der Waals surface area contributed by atoms with Crippen molar-refractivity contribution in [3.63, 3.8) is 0 Å². The van der Waals surface area contributed by atoms with Gasteiger partial charge in [0, 0.05) is 0 Å². The molecule has 54 heavy (non-hydrogen) atoms. The van der Waals surface area contributed by atoms with E-state index >= 15 is 0 Å². The van der Waals surface area contributed by atoms with Crippen LogP contribution in [0.4, 0.5) is 0 Å². The van der Waals surface area contributed by atoms with Crippen LogP contribution >= 0.6 is 0 Å². The Morgan fingerprint density at radius 3 is 1.94 bits per heavy atom. The number of hydrogen-bond acceptors (Lipinski definition) is 8. The van der Waals surface area contributed by atoms with Crippen LogP contribution in [0.3, 0.4) is 0 Å². The SMILES string of the molecule is CCC[CH2][Sn]([CH2]CCC)([CH2]CCC)[CH2]CC(OC)O[C@@H]1[C@@H](C)[C@H](O[Si](C)(C)C(C)(C)C)[C@@H]2O[C@]3(CCCO3)[C@@H](C)[C@H](C)[C@H]2O[C@H]1CCOC(=O)C(C)(C)C. The summed E-state index contributed by atoms with van der Waals surface area (Å²) in [5, 5.41) is 0.00225. The van der Waals surface area contributed by atoms with E-state index in [2.05, 4.69) is 75.4 Å². The van der Waals surface area contributed by atoms with Crippen LogP contribution in [-0.2, 0) is 37.6 Å². The van der Waals surface area contributed by atoms with E-state index in [1.165, 1.54) is 56.3 Å². The average molecular weight is 890 g/mol. The second kappa shape index (κ2) is 21.0. The second-order valence-corrected chi connectivity index (χ2v) is 39.2. The van der Waals surface area contributed by atoms with Gasteiger partial charge >= 0.3 is 340 Å². The predicted molar refractivity (Wildman–Crippen MR) is 226 cm³/mol. The van der Waals surface area contributed by atoms with Crippen molar-refractivity contribution < 1.29 is 37.6 Å². The Balaban J connectivity index is 2.06. The molecule has 3 fully saturated rings. The summed E-state index contributed by atoms with van der Waals surface area (Å²) >= 11 is -2.46. The maximum absolute atomic E-state index is 13.0. The molecule has 0 saturated carbocycles. The van der Waals surface area contributed by atoms with Gasteiger partial charge in [0.25, 0.3) is 0 Å². The van der Waals surface area contributed by atoms with Crippen molar-refractivity contribution in [3.05, 3.63) is 0 Å². The summed E-state index contributed by atoms with van der Waals surface area (Å²) in [6.07, 6.45) is 9.30. The number of esters is 1. The van der Waals surface area contributed by atoms with Gasteiger partial charge in [-0.2, -0.15) is 0 Å². The Morgan fingerprint density at radius 1 is 0.870 bits per heavy atom. The summed E-state index contributed by atoms with van der Waals surface area (Å²) < 4.78 is 53.8. The van der Waals surface area contributed by atoms with Gasteiger partial charge in [0.05, 0.1) is 0 Å². The molecule has 10 atom stereocenters. The summed E-state index contributed by atoms with van der Waals surface area (Å²) in [6.45, 7) is 32.1. The molecule has 3 heterocycles. The van der Waals surface area contributed by atoms with Crippen LogP contribution in [0.25, 0.3) is 0 Å². The van der Waals surface area contributed by atoms with Crippen LogP contribution in [0.15, 0.2) is 0 Å². The zero-order valence-electron chi connectivity index (χ0n) is 37.8. The average Bonchev–Trinajstić information content (AvgIpc) is 3.55. The van der Waals surface area contributed by atoms with Crippen LogP contribution in [-0.4, -0.2) is 95.6 Å². The topological polar surface area (TPSA) is 81.7 Å². The first-order valence-corrected chi connectivity index (χ1v) is 33.2. The molecule has 0 aromatic carbocycles. The third-order valence-electron chi connectivity index (χ3n) is 13.9. The Hall–Kier alpha value is 0.246. The van der Waals surface area contributed by atoms with E-state index in [-0.39, 0.29) is 72.2 Å². The van der Waals surface area contributed by atoms with E-state index in [4.69, 9.17) is 32.8 Å². The van der Waals surface area contributed by atoms with E-state index in [9.17, 15) is 4.79 Å². The fourth-order valence-corrected chi connectivity index (χ4v) is 26.4. The molecule has 0 aromatic heterocycles. The van der Waals surface area contributed by atoms with Crippen molar-refractivity contribution in [2.75, 3.05) is 20.3 Å². The molecule has 0 N–H and O–H groups in total. The number of ether oxygens (including phenoxy) is 6. The van der Waals surface area contributed by atoms with Crippen LogP contribution in [0.5, 0.6) is 0 Å². The Labute approximate surface area is 337 Å². The Morgan fingerprint density at radius 2 is 1.46 bits per heavy atom. The normalized spacial score (nSPS) is 31.7. The molecule has 0 aromatic rings. The number of methoxy groups -OCH3 is 1. The van der Waals surface area contributed by atoms with E-state index in [1.54, 1.807) is 0 Å². The van der Waals surface area contributed by atoms with Crippen molar-refractivity contribution in [1.82, 2.24) is 0 Å². The Kier molecular flexibility index (Phi) is 18.9. The summed E-state index contributed by atoms with van der Waals surface area (Å²) in [7, 11) is -0.476. The van der Waals surface area contributed by atoms with E-state index in [0.717, 1.165) is 19.3 Å². The van der Waals surface area contributed by atoms with Crippen molar-refractivity contribution in [1.29, 1.82) is 0 Å². The van der Waals surface area contributed by atoms with E-state index < -0.39 is 37.9 Å². The molecular formula is C44H86O8SiSn. The number of carbonyl (C=O) groups is 1. The van der Waals surface area contributed by atoms with Crippen molar-refractivity contribution in [3.8, 4) is 0 Å². The summed E-state index contributed by atoms with van der Waals surface area (Å²) in [5.74, 6) is -0.627. The number of unbranched alkanes of at least 4 members (excludes halogenated alkanes) is 3. The molecule has 3 rings (SSSR count). The predicted octanol–water partition coefficient (Wildman–Crippen LogP) is 11.5. The zero-order valence-corrected chi connectivity index (χ0v) is 41.6. The fraction of sp³-hybridized carbons (Fsp3) is 0.977. The van der Waals surface area contributed by atoms with Crippen LogP contribution in [0.1, 0.15) is 147 Å². The molecule has 0 aliphatic carbocycles. The van der Waals surface area contributed by atoms with Crippen molar-refractivity contribution >= 4 is 32.7 Å². The van der Waals surface area contributed by atoms with Gasteiger partial charge in [0.2, 0.25) is 0 Å². The molecule has 1 unspecified atom stereocenters. The zero-order chi connectivity index (χ0) is 40.5. The number of hydrogen-bond donors (Lipinski definition) is 0. The molecule has 0 bridgehead atoms.